The lowest BCUT2D eigenvalue weighted by molar-refractivity contribution is 0.0997. The van der Waals surface area contributed by atoms with Crippen LogP contribution in [0, 0.1) is 0 Å². The van der Waals surface area contributed by atoms with Crippen LogP contribution in [0.4, 0.5) is 10.5 Å². The highest BCUT2D eigenvalue weighted by Crippen LogP contribution is 2.54. The molecule has 2 aromatic rings. The first kappa shape index (κ1) is 16.8. The summed E-state index contributed by atoms with van der Waals surface area (Å²) in [6.45, 7) is 0. The van der Waals surface area contributed by atoms with Crippen LogP contribution in [0.25, 0.3) is 11.1 Å². The first-order valence-corrected chi connectivity index (χ1v) is 8.68. The highest BCUT2D eigenvalue weighted by Gasteiger charge is 2.48. The van der Waals surface area contributed by atoms with E-state index >= 15 is 0 Å². The van der Waals surface area contributed by atoms with Crippen molar-refractivity contribution in [3.63, 3.8) is 0 Å². The Balaban J connectivity index is 2.09. The molecule has 3 rings (SSSR count). The predicted molar refractivity (Wildman–Crippen MR) is 90.5 cm³/mol. The zero-order valence-corrected chi connectivity index (χ0v) is 14.2. The second-order valence-corrected chi connectivity index (χ2v) is 7.14. The van der Waals surface area contributed by atoms with Gasteiger partial charge in [-0.25, -0.2) is 13.2 Å². The van der Waals surface area contributed by atoms with E-state index in [1.54, 1.807) is 24.3 Å². The molecule has 0 bridgehead atoms. The number of anilines is 1. The Hall–Kier alpha value is -3.07. The largest absolute Gasteiger partial charge is 0.494 e. The number of nitrogens with two attached hydrogens (primary N) is 1. The summed E-state index contributed by atoms with van der Waals surface area (Å²) in [4.78, 5) is 23.1. The average Bonchev–Trinajstić information content (AvgIpc) is 3.16. The van der Waals surface area contributed by atoms with E-state index in [9.17, 15) is 18.0 Å². The van der Waals surface area contributed by atoms with E-state index in [-0.39, 0.29) is 27.1 Å². The van der Waals surface area contributed by atoms with Gasteiger partial charge in [-0.15, -0.1) is 0 Å². The third-order valence-corrected chi connectivity index (χ3v) is 5.52. The number of ether oxygens (including phenoxy) is 1. The highest BCUT2D eigenvalue weighted by atomic mass is 32.2. The number of methoxy groups -OCH3 is 1. The van der Waals surface area contributed by atoms with Crippen LogP contribution in [0.2, 0.25) is 0 Å². The summed E-state index contributed by atoms with van der Waals surface area (Å²) >= 11 is 0. The fourth-order valence-corrected chi connectivity index (χ4v) is 4.31. The summed E-state index contributed by atoms with van der Waals surface area (Å²) in [6, 6.07) is 7.58. The SMILES string of the molecule is CNC(=O)Nc1ccc(-c2cc(C(N)=O)c(OC)c3c2S3(=O)=O)cc1. The number of urea groups is 1. The molecule has 1 heterocycles. The monoisotopic (exact) mass is 361 g/mol. The molecule has 2 aromatic carbocycles. The molecule has 0 atom stereocenters. The quantitative estimate of drug-likeness (QED) is 0.605. The van der Waals surface area contributed by atoms with Crippen LogP contribution in [0.3, 0.4) is 0 Å². The molecular formula is C16H15N3O5S. The molecule has 0 fully saturated rings. The second kappa shape index (κ2) is 5.78. The van der Waals surface area contributed by atoms with E-state index in [0.717, 1.165) is 0 Å². The summed E-state index contributed by atoms with van der Waals surface area (Å²) in [6.07, 6.45) is 0. The molecule has 4 N–H and O–H groups in total. The van der Waals surface area contributed by atoms with Crippen LogP contribution >= 0.6 is 0 Å². The smallest absolute Gasteiger partial charge is 0.318 e. The number of sulfone groups is 1. The molecule has 0 saturated carbocycles. The first-order chi connectivity index (χ1) is 11.8. The first-order valence-electron chi connectivity index (χ1n) is 7.20. The molecule has 1 aliphatic rings. The highest BCUT2D eigenvalue weighted by molar-refractivity contribution is 7.97. The van der Waals surface area contributed by atoms with E-state index in [1.165, 1.54) is 20.2 Å². The lowest BCUT2D eigenvalue weighted by atomic mass is 10.0. The molecule has 0 aliphatic carbocycles. The van der Waals surface area contributed by atoms with Gasteiger partial charge < -0.3 is 21.1 Å². The van der Waals surface area contributed by atoms with Crippen LogP contribution in [0.15, 0.2) is 40.1 Å². The lowest BCUT2D eigenvalue weighted by Crippen LogP contribution is -2.24. The van der Waals surface area contributed by atoms with Gasteiger partial charge in [-0.1, -0.05) is 12.1 Å². The molecule has 0 radical (unpaired) electrons. The van der Waals surface area contributed by atoms with Crippen molar-refractivity contribution in [1.82, 2.24) is 5.32 Å². The Morgan fingerprint density at radius 3 is 2.28 bits per heavy atom. The molecule has 0 aromatic heterocycles. The van der Waals surface area contributed by atoms with Gasteiger partial charge in [0.1, 0.15) is 9.79 Å². The molecule has 25 heavy (non-hydrogen) atoms. The van der Waals surface area contributed by atoms with Crippen molar-refractivity contribution >= 4 is 27.5 Å². The Labute approximate surface area is 143 Å². The van der Waals surface area contributed by atoms with Crippen molar-refractivity contribution in [2.24, 2.45) is 5.73 Å². The summed E-state index contributed by atoms with van der Waals surface area (Å²) in [5, 5.41) is 5.03. The number of carbonyl (C=O) groups excluding carboxylic acids is 2. The molecule has 0 saturated heterocycles. The van der Waals surface area contributed by atoms with E-state index in [4.69, 9.17) is 10.5 Å². The maximum Gasteiger partial charge on any atom is 0.318 e. The maximum atomic E-state index is 12.2. The zero-order chi connectivity index (χ0) is 18.4. The number of nitrogens with one attached hydrogen (secondary N) is 2. The fraction of sp³-hybridized carbons (Fsp3) is 0.125. The van der Waals surface area contributed by atoms with Crippen molar-refractivity contribution in [1.29, 1.82) is 0 Å². The van der Waals surface area contributed by atoms with Gasteiger partial charge in [0, 0.05) is 18.3 Å². The number of benzene rings is 2. The number of primary amides is 1. The molecular weight excluding hydrogens is 346 g/mol. The Morgan fingerprint density at radius 2 is 1.76 bits per heavy atom. The second-order valence-electron chi connectivity index (χ2n) is 5.31. The van der Waals surface area contributed by atoms with Crippen LogP contribution in [0.1, 0.15) is 10.4 Å². The number of rotatable bonds is 4. The predicted octanol–water partition coefficient (Wildman–Crippen LogP) is 1.36. The normalized spacial score (nSPS) is 13.5. The third kappa shape index (κ3) is 2.68. The third-order valence-electron chi connectivity index (χ3n) is 3.84. The van der Waals surface area contributed by atoms with E-state index in [2.05, 4.69) is 10.6 Å². The Bertz CT molecular complexity index is 997. The number of hydrogen-bond donors (Lipinski definition) is 3. The minimum Gasteiger partial charge on any atom is -0.494 e. The molecule has 8 nitrogen and oxygen atoms in total. The topological polar surface area (TPSA) is 128 Å². The minimum atomic E-state index is -3.60. The van der Waals surface area contributed by atoms with Gasteiger partial charge in [0.15, 0.2) is 5.75 Å². The number of hydrogen-bond acceptors (Lipinski definition) is 5. The van der Waals surface area contributed by atoms with Crippen molar-refractivity contribution in [3.05, 3.63) is 35.9 Å². The van der Waals surface area contributed by atoms with E-state index < -0.39 is 15.7 Å². The van der Waals surface area contributed by atoms with Crippen LogP contribution < -0.4 is 21.1 Å². The van der Waals surface area contributed by atoms with Crippen molar-refractivity contribution < 1.29 is 22.7 Å². The summed E-state index contributed by atoms with van der Waals surface area (Å²) in [5.41, 5.74) is 6.83. The van der Waals surface area contributed by atoms with Crippen LogP contribution in [-0.2, 0) is 9.84 Å². The van der Waals surface area contributed by atoms with E-state index in [1.807, 2.05) is 0 Å². The molecule has 130 valence electrons. The fourth-order valence-electron chi connectivity index (χ4n) is 2.61. The summed E-state index contributed by atoms with van der Waals surface area (Å²) in [5.74, 6) is -0.801. The number of carbonyl (C=O) groups is 2. The standard InChI is InChI=1S/C16H15N3O5S/c1-18-16(21)19-9-5-3-8(4-6-9)10-7-11(15(17)20)12(24-2)14-13(10)25(14,22)23/h3-7H,1-2H3,(H2,17,20)(H2,18,19,21). The lowest BCUT2D eigenvalue weighted by Gasteiger charge is -2.08. The van der Waals surface area contributed by atoms with Gasteiger partial charge in [0.2, 0.25) is 9.84 Å². The van der Waals surface area contributed by atoms with Crippen molar-refractivity contribution in [2.45, 2.75) is 9.79 Å². The summed E-state index contributed by atoms with van der Waals surface area (Å²) < 4.78 is 29.5. The van der Waals surface area contributed by atoms with Gasteiger partial charge in [-0.3, -0.25) is 4.79 Å². The molecule has 3 amide bonds. The van der Waals surface area contributed by atoms with Gasteiger partial charge in [-0.2, -0.15) is 0 Å². The van der Waals surface area contributed by atoms with Crippen LogP contribution in [-0.4, -0.2) is 34.5 Å². The minimum absolute atomic E-state index is 0.00453. The molecule has 9 heteroatoms. The van der Waals surface area contributed by atoms with Gasteiger partial charge in [0.05, 0.1) is 12.7 Å². The van der Waals surface area contributed by atoms with Gasteiger partial charge in [-0.05, 0) is 23.8 Å². The number of amides is 3. The van der Waals surface area contributed by atoms with Crippen molar-refractivity contribution in [3.8, 4) is 16.9 Å². The van der Waals surface area contributed by atoms with Gasteiger partial charge in [0.25, 0.3) is 5.91 Å². The van der Waals surface area contributed by atoms with Crippen molar-refractivity contribution in [2.75, 3.05) is 19.5 Å². The van der Waals surface area contributed by atoms with Crippen LogP contribution in [0.5, 0.6) is 5.75 Å². The van der Waals surface area contributed by atoms with E-state index in [0.29, 0.717) is 16.8 Å². The molecule has 0 spiro atoms. The molecule has 0 unspecified atom stereocenters. The Morgan fingerprint density at radius 1 is 1.12 bits per heavy atom. The van der Waals surface area contributed by atoms with Gasteiger partial charge >= 0.3 is 6.03 Å². The zero-order valence-electron chi connectivity index (χ0n) is 13.4. The molecule has 1 aliphatic heterocycles. The average molecular weight is 361 g/mol. The number of fused-ring (bicyclic) bond motifs is 1. The Kier molecular flexibility index (Phi) is 3.88. The summed E-state index contributed by atoms with van der Waals surface area (Å²) in [7, 11) is -0.819. The maximum absolute atomic E-state index is 12.2.